The van der Waals surface area contributed by atoms with Gasteiger partial charge in [0.25, 0.3) is 0 Å². The Morgan fingerprint density at radius 2 is 2.20 bits per heavy atom. The first-order valence-corrected chi connectivity index (χ1v) is 7.85. The summed E-state index contributed by atoms with van der Waals surface area (Å²) in [5.41, 5.74) is 1.49. The van der Waals surface area contributed by atoms with Gasteiger partial charge in [0, 0.05) is 4.83 Å². The zero-order valence-corrected chi connectivity index (χ0v) is 11.5. The summed E-state index contributed by atoms with van der Waals surface area (Å²) in [7, 11) is 0. The van der Waals surface area contributed by atoms with Crippen molar-refractivity contribution in [3.8, 4) is 0 Å². The molecule has 0 N–H and O–H groups in total. The molecule has 1 fully saturated rings. The molecule has 15 heavy (non-hydrogen) atoms. The van der Waals surface area contributed by atoms with Gasteiger partial charge in [-0.05, 0) is 47.6 Å². The van der Waals surface area contributed by atoms with Gasteiger partial charge >= 0.3 is 0 Å². The molecule has 0 aromatic carbocycles. The van der Waals surface area contributed by atoms with Crippen molar-refractivity contribution in [3.05, 3.63) is 22.4 Å². The third-order valence-electron chi connectivity index (χ3n) is 3.40. The predicted molar refractivity (Wildman–Crippen MR) is 71.9 cm³/mol. The maximum Gasteiger partial charge on any atom is 0.0186 e. The maximum absolute atomic E-state index is 3.81. The molecule has 1 saturated carbocycles. The summed E-state index contributed by atoms with van der Waals surface area (Å²) in [4.78, 5) is 0.688. The molecule has 1 atom stereocenters. The number of hydrogen-bond donors (Lipinski definition) is 0. The lowest BCUT2D eigenvalue weighted by Gasteiger charge is -2.12. The number of alkyl halides is 1. The van der Waals surface area contributed by atoms with E-state index in [4.69, 9.17) is 0 Å². The molecule has 1 unspecified atom stereocenters. The van der Waals surface area contributed by atoms with Gasteiger partial charge in [0.05, 0.1) is 0 Å². The van der Waals surface area contributed by atoms with Crippen molar-refractivity contribution in [3.63, 3.8) is 0 Å². The van der Waals surface area contributed by atoms with E-state index in [0.29, 0.717) is 4.83 Å². The molecule has 0 radical (unpaired) electrons. The zero-order valence-electron chi connectivity index (χ0n) is 9.12. The zero-order chi connectivity index (χ0) is 10.5. The first-order chi connectivity index (χ1) is 7.34. The van der Waals surface area contributed by atoms with Gasteiger partial charge in [-0.15, -0.1) is 0 Å². The molecule has 0 bridgehead atoms. The number of halogens is 1. The smallest absolute Gasteiger partial charge is 0.0186 e. The molecule has 0 amide bonds. The predicted octanol–water partition coefficient (Wildman–Crippen LogP) is 5.02. The van der Waals surface area contributed by atoms with Crippen molar-refractivity contribution >= 4 is 27.3 Å². The normalized spacial score (nSPS) is 19.5. The van der Waals surface area contributed by atoms with Crippen LogP contribution in [-0.4, -0.2) is 4.83 Å². The second kappa shape index (κ2) is 6.05. The summed E-state index contributed by atoms with van der Waals surface area (Å²) in [5, 5.41) is 4.44. The Balaban J connectivity index is 1.66. The Morgan fingerprint density at radius 1 is 1.40 bits per heavy atom. The molecule has 2 rings (SSSR count). The van der Waals surface area contributed by atoms with E-state index < -0.39 is 0 Å². The Bertz CT molecular complexity index is 262. The van der Waals surface area contributed by atoms with Crippen LogP contribution in [0.3, 0.4) is 0 Å². The van der Waals surface area contributed by atoms with Crippen LogP contribution in [0.1, 0.15) is 44.1 Å². The number of hydrogen-bond acceptors (Lipinski definition) is 1. The van der Waals surface area contributed by atoms with Crippen LogP contribution in [0.2, 0.25) is 0 Å². The summed E-state index contributed by atoms with van der Waals surface area (Å²) in [6, 6.07) is 2.24. The van der Waals surface area contributed by atoms with E-state index >= 15 is 0 Å². The van der Waals surface area contributed by atoms with Crippen molar-refractivity contribution in [2.75, 3.05) is 0 Å². The standard InChI is InChI=1S/C13H19BrS/c14-13(9-12-7-8-15-10-12)6-5-11-3-1-2-4-11/h7-8,10-11,13H,1-6,9H2. The summed E-state index contributed by atoms with van der Waals surface area (Å²) in [5.74, 6) is 1.03. The number of rotatable bonds is 5. The van der Waals surface area contributed by atoms with E-state index in [-0.39, 0.29) is 0 Å². The molecule has 1 aliphatic carbocycles. The van der Waals surface area contributed by atoms with Crippen LogP contribution >= 0.6 is 27.3 Å². The molecule has 2 heteroatoms. The highest BCUT2D eigenvalue weighted by Crippen LogP contribution is 2.30. The van der Waals surface area contributed by atoms with Gasteiger partial charge in [0.15, 0.2) is 0 Å². The van der Waals surface area contributed by atoms with Crippen LogP contribution < -0.4 is 0 Å². The van der Waals surface area contributed by atoms with Gasteiger partial charge in [-0.3, -0.25) is 0 Å². The van der Waals surface area contributed by atoms with Crippen LogP contribution in [0, 0.1) is 5.92 Å². The van der Waals surface area contributed by atoms with E-state index in [2.05, 4.69) is 32.8 Å². The third kappa shape index (κ3) is 3.92. The van der Waals surface area contributed by atoms with Crippen molar-refractivity contribution in [1.29, 1.82) is 0 Å². The van der Waals surface area contributed by atoms with E-state index in [1.54, 1.807) is 11.3 Å². The molecule has 0 aliphatic heterocycles. The molecule has 0 nitrogen and oxygen atoms in total. The lowest BCUT2D eigenvalue weighted by atomic mass is 9.99. The van der Waals surface area contributed by atoms with Gasteiger partial charge in [-0.2, -0.15) is 11.3 Å². The third-order valence-corrected chi connectivity index (χ3v) is 4.91. The molecule has 1 aromatic rings. The summed E-state index contributed by atoms with van der Waals surface area (Å²) < 4.78 is 0. The monoisotopic (exact) mass is 286 g/mol. The lowest BCUT2D eigenvalue weighted by molar-refractivity contribution is 0.479. The second-order valence-corrected chi connectivity index (χ2v) is 6.74. The van der Waals surface area contributed by atoms with Gasteiger partial charge in [0.2, 0.25) is 0 Å². The summed E-state index contributed by atoms with van der Waals surface area (Å²) in [6.07, 6.45) is 9.90. The minimum atomic E-state index is 0.688. The van der Waals surface area contributed by atoms with Crippen LogP contribution in [-0.2, 0) is 6.42 Å². The summed E-state index contributed by atoms with van der Waals surface area (Å²) in [6.45, 7) is 0. The minimum absolute atomic E-state index is 0.688. The van der Waals surface area contributed by atoms with E-state index in [1.807, 2.05) is 0 Å². The van der Waals surface area contributed by atoms with Gasteiger partial charge in [-0.25, -0.2) is 0 Å². The van der Waals surface area contributed by atoms with Crippen LogP contribution in [0.25, 0.3) is 0 Å². The molecule has 1 heterocycles. The molecule has 84 valence electrons. The van der Waals surface area contributed by atoms with E-state index in [1.165, 1.54) is 50.5 Å². The SMILES string of the molecule is BrC(CCC1CCCC1)Cc1ccsc1. The van der Waals surface area contributed by atoms with Crippen LogP contribution in [0.15, 0.2) is 16.8 Å². The Morgan fingerprint density at radius 3 is 2.87 bits per heavy atom. The molecule has 0 spiro atoms. The van der Waals surface area contributed by atoms with E-state index in [0.717, 1.165) is 5.92 Å². The number of thiophene rings is 1. The largest absolute Gasteiger partial charge is 0.152 e. The van der Waals surface area contributed by atoms with Crippen molar-refractivity contribution in [1.82, 2.24) is 0 Å². The van der Waals surface area contributed by atoms with Gasteiger partial charge < -0.3 is 0 Å². The van der Waals surface area contributed by atoms with Gasteiger partial charge in [0.1, 0.15) is 0 Å². The topological polar surface area (TPSA) is 0 Å². The van der Waals surface area contributed by atoms with Gasteiger partial charge in [-0.1, -0.05) is 41.6 Å². The Kier molecular flexibility index (Phi) is 4.70. The highest BCUT2D eigenvalue weighted by atomic mass is 79.9. The summed E-state index contributed by atoms with van der Waals surface area (Å²) >= 11 is 5.62. The van der Waals surface area contributed by atoms with Crippen molar-refractivity contribution in [2.45, 2.75) is 49.8 Å². The Labute approximate surface area is 105 Å². The van der Waals surface area contributed by atoms with Crippen LogP contribution in [0.5, 0.6) is 0 Å². The lowest BCUT2D eigenvalue weighted by Crippen LogP contribution is -2.05. The first kappa shape index (κ1) is 11.7. The fourth-order valence-electron chi connectivity index (χ4n) is 2.48. The maximum atomic E-state index is 3.81. The average molecular weight is 287 g/mol. The van der Waals surface area contributed by atoms with Crippen LogP contribution in [0.4, 0.5) is 0 Å². The molecule has 1 aromatic heterocycles. The van der Waals surface area contributed by atoms with Crippen molar-refractivity contribution in [2.24, 2.45) is 5.92 Å². The fourth-order valence-corrected chi connectivity index (χ4v) is 3.80. The highest BCUT2D eigenvalue weighted by Gasteiger charge is 2.16. The van der Waals surface area contributed by atoms with Crippen molar-refractivity contribution < 1.29 is 0 Å². The average Bonchev–Trinajstić information content (AvgIpc) is 2.86. The minimum Gasteiger partial charge on any atom is -0.152 e. The quantitative estimate of drug-likeness (QED) is 0.667. The first-order valence-electron chi connectivity index (χ1n) is 6.00. The van der Waals surface area contributed by atoms with E-state index in [9.17, 15) is 0 Å². The second-order valence-electron chi connectivity index (χ2n) is 4.66. The Hall–Kier alpha value is 0.180. The highest BCUT2D eigenvalue weighted by molar-refractivity contribution is 9.09. The molecule has 1 aliphatic rings. The fraction of sp³-hybridized carbons (Fsp3) is 0.692. The molecular formula is C13H19BrS. The molecular weight excluding hydrogens is 268 g/mol. The molecule has 0 saturated heterocycles.